The minimum atomic E-state index is 0.0342. The lowest BCUT2D eigenvalue weighted by Crippen LogP contribution is -2.73. The van der Waals surface area contributed by atoms with Gasteiger partial charge in [0.05, 0.1) is 0 Å². The Morgan fingerprint density at radius 3 is 0.832 bits per heavy atom. The van der Waals surface area contributed by atoms with Crippen molar-refractivity contribution < 1.29 is 28.4 Å². The van der Waals surface area contributed by atoms with Gasteiger partial charge >= 0.3 is 0 Å². The number of ether oxygens (including phenoxy) is 6. The summed E-state index contributed by atoms with van der Waals surface area (Å²) in [6.45, 7) is 25.8. The van der Waals surface area contributed by atoms with Crippen LogP contribution in [-0.4, -0.2) is 20.1 Å². The first-order chi connectivity index (χ1) is 46.0. The van der Waals surface area contributed by atoms with E-state index in [1.165, 1.54) is 116 Å². The molecule has 8 nitrogen and oxygen atoms in total. The van der Waals surface area contributed by atoms with Crippen molar-refractivity contribution in [1.29, 1.82) is 0 Å². The van der Waals surface area contributed by atoms with Gasteiger partial charge in [-0.25, -0.2) is 0 Å². The molecule has 0 aromatic heterocycles. The van der Waals surface area contributed by atoms with Crippen LogP contribution in [-0.2, 0) is 0 Å². The maximum absolute atomic E-state index is 6.94. The summed E-state index contributed by atoms with van der Waals surface area (Å²) in [5, 5.41) is 0. The molecule has 0 saturated heterocycles. The Bertz CT molecular complexity index is 4740. The van der Waals surface area contributed by atoms with Crippen LogP contribution in [0.3, 0.4) is 0 Å². The average Bonchev–Trinajstić information content (AvgIpc) is 0.657. The van der Waals surface area contributed by atoms with Gasteiger partial charge in [0.2, 0.25) is 0 Å². The van der Waals surface area contributed by atoms with Crippen LogP contribution in [0.15, 0.2) is 200 Å². The summed E-state index contributed by atoms with van der Waals surface area (Å²) in [7, 11) is 0. The second kappa shape index (κ2) is 21.9. The fourth-order valence-electron chi connectivity index (χ4n) is 15.4. The third kappa shape index (κ3) is 9.44. The van der Waals surface area contributed by atoms with Gasteiger partial charge < -0.3 is 38.2 Å². The van der Waals surface area contributed by atoms with Crippen LogP contribution in [0.2, 0.25) is 0 Å². The molecule has 6 heterocycles. The summed E-state index contributed by atoms with van der Waals surface area (Å²) in [5.74, 6) is 10.6. The minimum absolute atomic E-state index is 0.0342. The summed E-state index contributed by atoms with van der Waals surface area (Å²) in [5.41, 5.74) is 32.1. The molecule has 12 aromatic rings. The van der Waals surface area contributed by atoms with E-state index >= 15 is 0 Å². The van der Waals surface area contributed by atoms with Crippen molar-refractivity contribution in [2.75, 3.05) is 9.80 Å². The fraction of sp³-hybridized carbons (Fsp3) is 0.143. The molecule has 0 atom stereocenters. The van der Waals surface area contributed by atoms with Gasteiger partial charge in [-0.1, -0.05) is 143 Å². The van der Waals surface area contributed by atoms with Gasteiger partial charge in [0, 0.05) is 52.3 Å². The zero-order valence-electron chi connectivity index (χ0n) is 55.6. The zero-order valence-corrected chi connectivity index (χ0v) is 55.6. The summed E-state index contributed by atoms with van der Waals surface area (Å²) in [6, 6.07) is 70.6. The van der Waals surface area contributed by atoms with Gasteiger partial charge in [-0.3, -0.25) is 0 Å². The molecular formula is C84H69B3N2O6. The number of benzene rings is 12. The largest absolute Gasteiger partial charge is 0.458 e. The predicted molar refractivity (Wildman–Crippen MR) is 392 cm³/mol. The molecule has 0 aliphatic carbocycles. The molecule has 460 valence electrons. The van der Waals surface area contributed by atoms with Crippen molar-refractivity contribution in [2.24, 2.45) is 0 Å². The maximum Gasteiger partial charge on any atom is 0.256 e. The highest BCUT2D eigenvalue weighted by molar-refractivity contribution is 7.07. The van der Waals surface area contributed by atoms with E-state index in [0.29, 0.717) is 0 Å². The van der Waals surface area contributed by atoms with E-state index in [1.807, 2.05) is 36.4 Å². The Hall–Kier alpha value is -10.8. The van der Waals surface area contributed by atoms with Gasteiger partial charge in [-0.15, -0.1) is 0 Å². The summed E-state index contributed by atoms with van der Waals surface area (Å²) in [6.07, 6.45) is 0. The molecule has 0 fully saturated rings. The fourth-order valence-corrected chi connectivity index (χ4v) is 15.4. The third-order valence-electron chi connectivity index (χ3n) is 20.1. The highest BCUT2D eigenvalue weighted by atomic mass is 16.5. The second-order valence-corrected chi connectivity index (χ2v) is 27.1. The van der Waals surface area contributed by atoms with Crippen LogP contribution in [0.25, 0.3) is 0 Å². The van der Waals surface area contributed by atoms with E-state index in [0.717, 1.165) is 103 Å². The lowest BCUT2D eigenvalue weighted by Gasteiger charge is -2.52. The van der Waals surface area contributed by atoms with E-state index in [2.05, 4.69) is 257 Å². The van der Waals surface area contributed by atoms with Crippen LogP contribution in [0.4, 0.5) is 34.1 Å². The Balaban J connectivity index is 0.000000145. The average molecular weight is 1230 g/mol. The van der Waals surface area contributed by atoms with E-state index in [4.69, 9.17) is 28.4 Å². The molecule has 0 saturated carbocycles. The molecule has 11 heteroatoms. The van der Waals surface area contributed by atoms with E-state index in [-0.39, 0.29) is 20.1 Å². The molecular weight excluding hydrogens is 1170 g/mol. The van der Waals surface area contributed by atoms with E-state index in [1.54, 1.807) is 0 Å². The molecule has 6 aliphatic heterocycles. The first kappa shape index (κ1) is 58.1. The molecule has 0 N–H and O–H groups in total. The highest BCUT2D eigenvalue weighted by Gasteiger charge is 2.56. The van der Waals surface area contributed by atoms with Crippen molar-refractivity contribution in [1.82, 2.24) is 0 Å². The van der Waals surface area contributed by atoms with Crippen LogP contribution in [0, 0.1) is 83.1 Å². The van der Waals surface area contributed by atoms with Crippen molar-refractivity contribution in [3.63, 3.8) is 0 Å². The molecule has 0 amide bonds. The van der Waals surface area contributed by atoms with Gasteiger partial charge in [-0.05, 0) is 238 Å². The number of rotatable bonds is 9. The van der Waals surface area contributed by atoms with Gasteiger partial charge in [-0.2, -0.15) is 0 Å². The zero-order chi connectivity index (χ0) is 65.0. The molecule has 18 rings (SSSR count). The SMILES string of the molecule is Cc1ccc(Oc2cc(N(c3ccc(C)c(Oc4ccc(C)cc4)c3)c3ccc(C)c(Oc4ccc(C)cc4)c3)ccc2C)cc1.Cc1ccc2c(c1)B1c3cc(C)c4c5c3N3c6c(cc(C)c(c61)O2)B1c2cc(C)ccc2Oc2c(C)cc(c3c21)B5c1cc(C)ccc1O4. The molecule has 6 aliphatic rings. The maximum atomic E-state index is 6.94. The molecule has 95 heavy (non-hydrogen) atoms. The van der Waals surface area contributed by atoms with Crippen molar-refractivity contribution >= 4 is 103 Å². The number of hydrogen-bond acceptors (Lipinski definition) is 8. The summed E-state index contributed by atoms with van der Waals surface area (Å²) in [4.78, 5) is 4.82. The quantitative estimate of drug-likeness (QED) is 0.133. The number of hydrogen-bond donors (Lipinski definition) is 0. The lowest BCUT2D eigenvalue weighted by molar-refractivity contribution is 0.478. The molecule has 12 aromatic carbocycles. The Morgan fingerprint density at radius 1 is 0.274 bits per heavy atom. The van der Waals surface area contributed by atoms with Gasteiger partial charge in [0.25, 0.3) is 20.1 Å². The smallest absolute Gasteiger partial charge is 0.256 e. The normalized spacial score (nSPS) is 13.0. The third-order valence-corrected chi connectivity index (χ3v) is 20.1. The molecule has 0 unspecified atom stereocenters. The summed E-state index contributed by atoms with van der Waals surface area (Å²) >= 11 is 0. The molecule has 0 spiro atoms. The van der Waals surface area contributed by atoms with Crippen LogP contribution >= 0.6 is 0 Å². The Labute approximate surface area is 557 Å². The standard InChI is InChI=1S/C42H30B3NO3.C42H39NO3/c1-19-7-10-31-25(13-19)43-28-16-22(4)41-35-37(28)46-38-29(17-23(5)40(47-31)34(38)43)44-26-14-20(2)8-11-32(26)49-42-24(6)18-30(39(46)36(42)44)45(35)27-15-21(3)9-12-33(27)48-41;1-28-7-19-37(20-8-28)44-40-25-34(16-13-31(40)4)43(35-17-14-32(5)41(26-35)45-38-21-9-29(2)10-22-38)36-18-15-33(6)42(27-36)46-39-23-11-30(3)12-24-39/h7-18H,1-6H3;7-27H,1-6H3. The number of fused-ring (bicyclic) bond motifs is 9. The predicted octanol–water partition coefficient (Wildman–Crippen LogP) is 16.2. The first-order valence-corrected chi connectivity index (χ1v) is 33.0. The lowest BCUT2D eigenvalue weighted by atomic mass is 9.25. The Kier molecular flexibility index (Phi) is 13.4. The number of aryl methyl sites for hydroxylation is 12. The topological polar surface area (TPSA) is 61.9 Å². The van der Waals surface area contributed by atoms with Crippen LogP contribution < -0.4 is 87.4 Å². The number of anilines is 6. The monoisotopic (exact) mass is 1230 g/mol. The van der Waals surface area contributed by atoms with Crippen LogP contribution in [0.1, 0.15) is 66.8 Å². The minimum Gasteiger partial charge on any atom is -0.458 e. The Morgan fingerprint density at radius 2 is 0.547 bits per heavy atom. The molecule has 0 bridgehead atoms. The van der Waals surface area contributed by atoms with Crippen molar-refractivity contribution in [3.8, 4) is 69.0 Å². The first-order valence-electron chi connectivity index (χ1n) is 33.0. The second-order valence-electron chi connectivity index (χ2n) is 27.1. The number of nitrogens with zero attached hydrogens (tertiary/aromatic N) is 2. The van der Waals surface area contributed by atoms with E-state index in [9.17, 15) is 0 Å². The van der Waals surface area contributed by atoms with Crippen LogP contribution in [0.5, 0.6) is 69.0 Å². The summed E-state index contributed by atoms with van der Waals surface area (Å²) < 4.78 is 40.0. The van der Waals surface area contributed by atoms with Crippen molar-refractivity contribution in [2.45, 2.75) is 83.1 Å². The molecule has 0 radical (unpaired) electrons. The van der Waals surface area contributed by atoms with Crippen molar-refractivity contribution in [3.05, 3.63) is 267 Å². The van der Waals surface area contributed by atoms with Gasteiger partial charge in [0.1, 0.15) is 69.0 Å². The highest BCUT2D eigenvalue weighted by Crippen LogP contribution is 2.50. The van der Waals surface area contributed by atoms with Gasteiger partial charge in [0.15, 0.2) is 0 Å². The van der Waals surface area contributed by atoms with E-state index < -0.39 is 0 Å².